The third kappa shape index (κ3) is 2.37. The van der Waals surface area contributed by atoms with Crippen LogP contribution in [0, 0.1) is 13.8 Å². The van der Waals surface area contributed by atoms with Crippen molar-refractivity contribution in [2.24, 2.45) is 7.05 Å². The van der Waals surface area contributed by atoms with Gasteiger partial charge in [0.25, 0.3) is 5.91 Å². The maximum absolute atomic E-state index is 12.3. The van der Waals surface area contributed by atoms with Gasteiger partial charge in [-0.3, -0.25) is 4.79 Å². The van der Waals surface area contributed by atoms with Gasteiger partial charge in [0.1, 0.15) is 11.4 Å². The zero-order chi connectivity index (χ0) is 15.0. The number of nitrogens with zero attached hydrogens (tertiary/aromatic N) is 5. The lowest BCUT2D eigenvalue weighted by Crippen LogP contribution is -2.24. The number of carbonyl (C=O) groups excluding carboxylic acids is 1. The van der Waals surface area contributed by atoms with Crippen LogP contribution in [0.4, 0.5) is 0 Å². The van der Waals surface area contributed by atoms with Crippen molar-refractivity contribution in [2.45, 2.75) is 20.4 Å². The van der Waals surface area contributed by atoms with Crippen LogP contribution in [0.3, 0.4) is 0 Å². The van der Waals surface area contributed by atoms with Crippen molar-refractivity contribution in [1.82, 2.24) is 29.5 Å². The Morgan fingerprint density at radius 1 is 1.38 bits per heavy atom. The van der Waals surface area contributed by atoms with Gasteiger partial charge >= 0.3 is 0 Å². The van der Waals surface area contributed by atoms with Crippen LogP contribution < -0.4 is 5.32 Å². The van der Waals surface area contributed by atoms with Gasteiger partial charge in [-0.05, 0) is 19.9 Å². The summed E-state index contributed by atoms with van der Waals surface area (Å²) in [6, 6.07) is 1.93. The van der Waals surface area contributed by atoms with E-state index in [0.717, 1.165) is 17.2 Å². The summed E-state index contributed by atoms with van der Waals surface area (Å²) in [6.45, 7) is 4.20. The van der Waals surface area contributed by atoms with Gasteiger partial charge < -0.3 is 9.88 Å². The molecule has 7 heteroatoms. The lowest BCUT2D eigenvalue weighted by atomic mass is 10.3. The van der Waals surface area contributed by atoms with Crippen LogP contribution in [0.5, 0.6) is 0 Å². The molecule has 21 heavy (non-hydrogen) atoms. The van der Waals surface area contributed by atoms with E-state index in [1.54, 1.807) is 16.9 Å². The molecule has 3 heterocycles. The number of imidazole rings is 1. The fourth-order valence-corrected chi connectivity index (χ4v) is 2.25. The van der Waals surface area contributed by atoms with Crippen molar-refractivity contribution in [3.8, 4) is 0 Å². The Labute approximate surface area is 121 Å². The molecule has 3 aromatic rings. The molecule has 0 fully saturated rings. The van der Waals surface area contributed by atoms with Crippen molar-refractivity contribution in [3.05, 3.63) is 47.4 Å². The quantitative estimate of drug-likeness (QED) is 0.778. The molecule has 0 atom stereocenters. The van der Waals surface area contributed by atoms with Gasteiger partial charge in [-0.15, -0.1) is 0 Å². The maximum Gasteiger partial charge on any atom is 0.257 e. The summed E-state index contributed by atoms with van der Waals surface area (Å²) in [4.78, 5) is 20.9. The van der Waals surface area contributed by atoms with Crippen LogP contribution in [0.2, 0.25) is 0 Å². The highest BCUT2D eigenvalue weighted by molar-refractivity contribution is 5.99. The first-order chi connectivity index (χ1) is 10.1. The minimum atomic E-state index is -0.203. The molecule has 108 valence electrons. The lowest BCUT2D eigenvalue weighted by Gasteiger charge is -2.05. The molecule has 0 aliphatic heterocycles. The average Bonchev–Trinajstić information content (AvgIpc) is 3.02. The van der Waals surface area contributed by atoms with Crippen LogP contribution in [0.1, 0.15) is 27.6 Å². The van der Waals surface area contributed by atoms with Crippen molar-refractivity contribution in [2.75, 3.05) is 0 Å². The van der Waals surface area contributed by atoms with E-state index in [-0.39, 0.29) is 5.91 Å². The summed E-state index contributed by atoms with van der Waals surface area (Å²) in [5.74, 6) is 0.589. The number of nitrogens with one attached hydrogen (secondary N) is 1. The minimum absolute atomic E-state index is 0.203. The number of amides is 1. The molecule has 7 nitrogen and oxygen atoms in total. The van der Waals surface area contributed by atoms with Gasteiger partial charge in [0.05, 0.1) is 12.7 Å². The van der Waals surface area contributed by atoms with Gasteiger partial charge in [0.15, 0.2) is 5.65 Å². The number of rotatable bonds is 3. The third-order valence-electron chi connectivity index (χ3n) is 3.35. The van der Waals surface area contributed by atoms with E-state index in [1.807, 2.05) is 37.7 Å². The second-order valence-electron chi connectivity index (χ2n) is 4.97. The van der Waals surface area contributed by atoms with E-state index < -0.39 is 0 Å². The predicted octanol–water partition coefficient (Wildman–Crippen LogP) is 1.01. The molecule has 0 aliphatic rings. The summed E-state index contributed by atoms with van der Waals surface area (Å²) in [7, 11) is 1.89. The first-order valence-corrected chi connectivity index (χ1v) is 6.62. The Bertz CT molecular complexity index is 816. The van der Waals surface area contributed by atoms with E-state index in [1.165, 1.54) is 0 Å². The van der Waals surface area contributed by atoms with Crippen LogP contribution in [-0.2, 0) is 13.6 Å². The van der Waals surface area contributed by atoms with Crippen LogP contribution in [-0.4, -0.2) is 30.1 Å². The Morgan fingerprint density at radius 2 is 2.19 bits per heavy atom. The summed E-state index contributed by atoms with van der Waals surface area (Å²) >= 11 is 0. The number of aryl methyl sites for hydroxylation is 3. The molecule has 1 amide bonds. The highest BCUT2D eigenvalue weighted by atomic mass is 16.1. The van der Waals surface area contributed by atoms with Crippen molar-refractivity contribution >= 4 is 11.6 Å². The van der Waals surface area contributed by atoms with E-state index in [2.05, 4.69) is 20.4 Å². The largest absolute Gasteiger partial charge is 0.345 e. The van der Waals surface area contributed by atoms with E-state index in [4.69, 9.17) is 0 Å². The standard InChI is InChI=1S/C14H16N6O/c1-9-6-10(2)20-13(18-9)11(7-17-20)14(21)16-8-12-15-4-5-19(12)3/h4-7H,8H2,1-3H3,(H,16,21). The molecule has 0 bridgehead atoms. The third-order valence-corrected chi connectivity index (χ3v) is 3.35. The van der Waals surface area contributed by atoms with Crippen LogP contribution >= 0.6 is 0 Å². The number of hydrogen-bond donors (Lipinski definition) is 1. The number of fused-ring (bicyclic) bond motifs is 1. The van der Waals surface area contributed by atoms with E-state index >= 15 is 0 Å². The smallest absolute Gasteiger partial charge is 0.257 e. The molecule has 0 aromatic carbocycles. The van der Waals surface area contributed by atoms with E-state index in [9.17, 15) is 4.79 Å². The SMILES string of the molecule is Cc1cc(C)n2ncc(C(=O)NCc3nccn3C)c2n1. The summed E-state index contributed by atoms with van der Waals surface area (Å²) in [5.41, 5.74) is 2.85. The molecule has 0 radical (unpaired) electrons. The van der Waals surface area contributed by atoms with Gasteiger partial charge in [-0.1, -0.05) is 0 Å². The van der Waals surface area contributed by atoms with Crippen molar-refractivity contribution < 1.29 is 4.79 Å². The molecular weight excluding hydrogens is 268 g/mol. The second-order valence-corrected chi connectivity index (χ2v) is 4.97. The minimum Gasteiger partial charge on any atom is -0.345 e. The van der Waals surface area contributed by atoms with Crippen LogP contribution in [0.15, 0.2) is 24.7 Å². The van der Waals surface area contributed by atoms with Gasteiger partial charge in [-0.25, -0.2) is 14.5 Å². The maximum atomic E-state index is 12.3. The molecule has 3 aromatic heterocycles. The first kappa shape index (κ1) is 13.3. The normalized spacial score (nSPS) is 11.0. The molecule has 0 spiro atoms. The highest BCUT2D eigenvalue weighted by Gasteiger charge is 2.15. The topological polar surface area (TPSA) is 77.1 Å². The Balaban J connectivity index is 1.86. The fourth-order valence-electron chi connectivity index (χ4n) is 2.25. The number of hydrogen-bond acceptors (Lipinski definition) is 4. The van der Waals surface area contributed by atoms with Gasteiger partial charge in [0, 0.05) is 30.8 Å². The van der Waals surface area contributed by atoms with E-state index in [0.29, 0.717) is 17.8 Å². The Hall–Kier alpha value is -2.70. The molecule has 0 aliphatic carbocycles. The molecule has 0 unspecified atom stereocenters. The fraction of sp³-hybridized carbons (Fsp3) is 0.286. The zero-order valence-electron chi connectivity index (χ0n) is 12.2. The van der Waals surface area contributed by atoms with Gasteiger partial charge in [-0.2, -0.15) is 5.10 Å². The second kappa shape index (κ2) is 5.01. The van der Waals surface area contributed by atoms with Crippen molar-refractivity contribution in [3.63, 3.8) is 0 Å². The molecular formula is C14H16N6O. The highest BCUT2D eigenvalue weighted by Crippen LogP contribution is 2.11. The molecule has 3 rings (SSSR count). The molecule has 1 N–H and O–H groups in total. The molecule has 0 saturated carbocycles. The number of carbonyl (C=O) groups is 1. The predicted molar refractivity (Wildman–Crippen MR) is 76.8 cm³/mol. The number of aromatic nitrogens is 5. The molecule has 0 saturated heterocycles. The van der Waals surface area contributed by atoms with Crippen molar-refractivity contribution in [1.29, 1.82) is 0 Å². The van der Waals surface area contributed by atoms with Gasteiger partial charge in [0.2, 0.25) is 0 Å². The summed E-state index contributed by atoms with van der Waals surface area (Å²) in [5, 5.41) is 7.06. The average molecular weight is 284 g/mol. The summed E-state index contributed by atoms with van der Waals surface area (Å²) < 4.78 is 3.53. The monoisotopic (exact) mass is 284 g/mol. The Morgan fingerprint density at radius 3 is 2.90 bits per heavy atom. The first-order valence-electron chi connectivity index (χ1n) is 6.62. The summed E-state index contributed by atoms with van der Waals surface area (Å²) in [6.07, 6.45) is 5.08. The zero-order valence-corrected chi connectivity index (χ0v) is 12.2. The van der Waals surface area contributed by atoms with Crippen LogP contribution in [0.25, 0.3) is 5.65 Å². The lowest BCUT2D eigenvalue weighted by molar-refractivity contribution is 0.0951. The Kier molecular flexibility index (Phi) is 3.17.